The Labute approximate surface area is 135 Å². The number of aromatic nitrogens is 2. The molecule has 2 aromatic carbocycles. The maximum Gasteiger partial charge on any atom is 0.155 e. The zero-order valence-electron chi connectivity index (χ0n) is 11.1. The average molecular weight is 335 g/mol. The maximum atomic E-state index is 13.9. The lowest BCUT2D eigenvalue weighted by atomic mass is 10.1. The van der Waals surface area contributed by atoms with Crippen LogP contribution in [0.4, 0.5) is 4.39 Å². The summed E-state index contributed by atoms with van der Waals surface area (Å²) in [6.07, 6.45) is 0.600. The second-order valence-corrected chi connectivity index (χ2v) is 5.34. The maximum absolute atomic E-state index is 13.9. The smallest absolute Gasteiger partial charge is 0.155 e. The molecule has 0 bridgehead atoms. The van der Waals surface area contributed by atoms with Gasteiger partial charge in [-0.15, -0.1) is 0 Å². The van der Waals surface area contributed by atoms with E-state index in [0.717, 1.165) is 0 Å². The van der Waals surface area contributed by atoms with Crippen LogP contribution in [-0.2, 0) is 0 Å². The van der Waals surface area contributed by atoms with Gasteiger partial charge >= 0.3 is 0 Å². The largest absolute Gasteiger partial charge is 0.298 e. The Hall–Kier alpha value is -2.17. The lowest BCUT2D eigenvalue weighted by molar-refractivity contribution is 0.112. The Bertz CT molecular complexity index is 861. The van der Waals surface area contributed by atoms with Crippen molar-refractivity contribution in [2.75, 3.05) is 0 Å². The van der Waals surface area contributed by atoms with E-state index in [0.29, 0.717) is 22.6 Å². The van der Waals surface area contributed by atoms with Gasteiger partial charge in [0.2, 0.25) is 0 Å². The van der Waals surface area contributed by atoms with E-state index in [1.165, 1.54) is 16.8 Å². The van der Waals surface area contributed by atoms with E-state index in [-0.39, 0.29) is 16.4 Å². The molecule has 0 radical (unpaired) electrons. The van der Waals surface area contributed by atoms with E-state index in [9.17, 15) is 9.18 Å². The van der Waals surface area contributed by atoms with Gasteiger partial charge in [0, 0.05) is 10.6 Å². The molecule has 6 heteroatoms. The summed E-state index contributed by atoms with van der Waals surface area (Å²) in [6, 6.07) is 12.9. The number of halogens is 3. The molecule has 0 aliphatic carbocycles. The van der Waals surface area contributed by atoms with Crippen LogP contribution >= 0.6 is 23.2 Å². The highest BCUT2D eigenvalue weighted by molar-refractivity contribution is 6.33. The summed E-state index contributed by atoms with van der Waals surface area (Å²) in [6.45, 7) is 0. The van der Waals surface area contributed by atoms with Crippen LogP contribution < -0.4 is 0 Å². The molecular formula is C16H9Cl2FN2O. The molecule has 0 fully saturated rings. The molecule has 0 unspecified atom stereocenters. The van der Waals surface area contributed by atoms with E-state index in [1.807, 2.05) is 0 Å². The van der Waals surface area contributed by atoms with Gasteiger partial charge in [-0.05, 0) is 24.3 Å². The van der Waals surface area contributed by atoms with E-state index in [2.05, 4.69) is 5.10 Å². The summed E-state index contributed by atoms with van der Waals surface area (Å²) < 4.78 is 15.1. The van der Waals surface area contributed by atoms with E-state index in [4.69, 9.17) is 23.2 Å². The van der Waals surface area contributed by atoms with E-state index in [1.54, 1.807) is 36.4 Å². The Morgan fingerprint density at radius 1 is 1.09 bits per heavy atom. The first-order chi connectivity index (χ1) is 10.6. The first-order valence-electron chi connectivity index (χ1n) is 6.36. The van der Waals surface area contributed by atoms with Crippen molar-refractivity contribution in [3.63, 3.8) is 0 Å². The van der Waals surface area contributed by atoms with Crippen LogP contribution in [0.25, 0.3) is 16.9 Å². The minimum Gasteiger partial charge on any atom is -0.298 e. The third-order valence-corrected chi connectivity index (χ3v) is 3.76. The van der Waals surface area contributed by atoms with Crippen molar-refractivity contribution in [2.24, 2.45) is 0 Å². The van der Waals surface area contributed by atoms with Gasteiger partial charge < -0.3 is 0 Å². The van der Waals surface area contributed by atoms with Gasteiger partial charge in [0.25, 0.3) is 0 Å². The Balaban J connectivity index is 2.24. The number of benzene rings is 2. The molecule has 22 heavy (non-hydrogen) atoms. The van der Waals surface area contributed by atoms with Gasteiger partial charge in [-0.3, -0.25) is 4.79 Å². The topological polar surface area (TPSA) is 34.9 Å². The molecular weight excluding hydrogens is 326 g/mol. The Morgan fingerprint density at radius 3 is 2.55 bits per heavy atom. The Kier molecular flexibility index (Phi) is 3.96. The van der Waals surface area contributed by atoms with Gasteiger partial charge in [0.15, 0.2) is 6.29 Å². The summed E-state index contributed by atoms with van der Waals surface area (Å²) >= 11 is 12.2. The van der Waals surface area contributed by atoms with Gasteiger partial charge in [0.05, 0.1) is 5.56 Å². The van der Waals surface area contributed by atoms with Gasteiger partial charge in [-0.1, -0.05) is 47.5 Å². The van der Waals surface area contributed by atoms with Crippen LogP contribution in [0.2, 0.25) is 10.2 Å². The van der Waals surface area contributed by atoms with Crippen LogP contribution in [-0.4, -0.2) is 16.1 Å². The van der Waals surface area contributed by atoms with Crippen LogP contribution in [0.15, 0.2) is 48.5 Å². The standard InChI is InChI=1S/C16H9Cl2FN2O/c17-11-5-3-4-10(8-11)15-12(9-22)16(18)21(20-15)14-7-2-1-6-13(14)19/h1-9H. The summed E-state index contributed by atoms with van der Waals surface area (Å²) in [4.78, 5) is 11.4. The van der Waals surface area contributed by atoms with Crippen molar-refractivity contribution in [2.45, 2.75) is 0 Å². The molecule has 3 nitrogen and oxygen atoms in total. The molecule has 0 aliphatic rings. The predicted octanol–water partition coefficient (Wildman–Crippen LogP) is 4.80. The van der Waals surface area contributed by atoms with Crippen molar-refractivity contribution < 1.29 is 9.18 Å². The molecule has 0 saturated heterocycles. The molecule has 1 aromatic heterocycles. The fraction of sp³-hybridized carbons (Fsp3) is 0. The second kappa shape index (κ2) is 5.91. The monoisotopic (exact) mass is 334 g/mol. The fourth-order valence-electron chi connectivity index (χ4n) is 2.15. The number of aldehydes is 1. The molecule has 0 amide bonds. The average Bonchev–Trinajstić information content (AvgIpc) is 2.84. The number of hydrogen-bond acceptors (Lipinski definition) is 2. The highest BCUT2D eigenvalue weighted by atomic mass is 35.5. The quantitative estimate of drug-likeness (QED) is 0.645. The summed E-state index contributed by atoms with van der Waals surface area (Å²) in [5.41, 5.74) is 1.34. The number of rotatable bonds is 3. The third kappa shape index (κ3) is 2.51. The number of para-hydroxylation sites is 1. The van der Waals surface area contributed by atoms with Gasteiger partial charge in [-0.25, -0.2) is 9.07 Å². The summed E-state index contributed by atoms with van der Waals surface area (Å²) in [5, 5.41) is 4.83. The third-order valence-electron chi connectivity index (χ3n) is 3.16. The van der Waals surface area contributed by atoms with Crippen molar-refractivity contribution >= 4 is 29.5 Å². The molecule has 0 atom stereocenters. The second-order valence-electron chi connectivity index (χ2n) is 4.54. The van der Waals surface area contributed by atoms with Crippen molar-refractivity contribution in [1.82, 2.24) is 9.78 Å². The van der Waals surface area contributed by atoms with Crippen LogP contribution in [0.5, 0.6) is 0 Å². The van der Waals surface area contributed by atoms with E-state index >= 15 is 0 Å². The highest BCUT2D eigenvalue weighted by Gasteiger charge is 2.20. The van der Waals surface area contributed by atoms with Crippen molar-refractivity contribution in [3.05, 3.63) is 70.1 Å². The molecule has 110 valence electrons. The number of nitrogens with zero attached hydrogens (tertiary/aromatic N) is 2. The zero-order valence-corrected chi connectivity index (χ0v) is 12.6. The van der Waals surface area contributed by atoms with Crippen molar-refractivity contribution in [3.8, 4) is 16.9 Å². The fourth-order valence-corrected chi connectivity index (χ4v) is 2.60. The predicted molar refractivity (Wildman–Crippen MR) is 84.4 cm³/mol. The lowest BCUT2D eigenvalue weighted by Crippen LogP contribution is -1.99. The molecule has 1 heterocycles. The minimum atomic E-state index is -0.484. The molecule has 3 aromatic rings. The number of carbonyl (C=O) groups is 1. The summed E-state index contributed by atoms with van der Waals surface area (Å²) in [5.74, 6) is -0.484. The number of hydrogen-bond donors (Lipinski definition) is 0. The minimum absolute atomic E-state index is 0.0510. The van der Waals surface area contributed by atoms with Crippen LogP contribution in [0, 0.1) is 5.82 Å². The van der Waals surface area contributed by atoms with E-state index < -0.39 is 5.82 Å². The molecule has 0 aliphatic heterocycles. The lowest BCUT2D eigenvalue weighted by Gasteiger charge is -2.03. The molecule has 0 spiro atoms. The van der Waals surface area contributed by atoms with Gasteiger partial charge in [0.1, 0.15) is 22.4 Å². The first-order valence-corrected chi connectivity index (χ1v) is 7.12. The van der Waals surface area contributed by atoms with Gasteiger partial charge in [-0.2, -0.15) is 5.10 Å². The van der Waals surface area contributed by atoms with Crippen LogP contribution in [0.3, 0.4) is 0 Å². The molecule has 0 N–H and O–H groups in total. The zero-order chi connectivity index (χ0) is 15.7. The highest BCUT2D eigenvalue weighted by Crippen LogP contribution is 2.31. The Morgan fingerprint density at radius 2 is 1.86 bits per heavy atom. The summed E-state index contributed by atoms with van der Waals surface area (Å²) in [7, 11) is 0. The normalized spacial score (nSPS) is 10.7. The first kappa shape index (κ1) is 14.8. The molecule has 3 rings (SSSR count). The SMILES string of the molecule is O=Cc1c(-c2cccc(Cl)c2)nn(-c2ccccc2F)c1Cl. The molecule has 0 saturated carbocycles. The van der Waals surface area contributed by atoms with Crippen molar-refractivity contribution in [1.29, 1.82) is 0 Å². The van der Waals surface area contributed by atoms with Crippen LogP contribution in [0.1, 0.15) is 10.4 Å². The number of carbonyl (C=O) groups excluding carboxylic acids is 1.